The predicted molar refractivity (Wildman–Crippen MR) is 50.3 cm³/mol. The van der Waals surface area contributed by atoms with Crippen molar-refractivity contribution in [3.63, 3.8) is 0 Å². The molecule has 1 rings (SSSR count). The van der Waals surface area contributed by atoms with E-state index in [1.54, 1.807) is 0 Å². The van der Waals surface area contributed by atoms with Crippen molar-refractivity contribution in [3.05, 3.63) is 16.9 Å². The molecule has 84 valence electrons. The van der Waals surface area contributed by atoms with Crippen LogP contribution < -0.4 is 5.32 Å². The Kier molecular flexibility index (Phi) is 3.86. The molecule has 0 aliphatic heterocycles. The van der Waals surface area contributed by atoms with Crippen molar-refractivity contribution in [1.29, 1.82) is 0 Å². The van der Waals surface area contributed by atoms with Gasteiger partial charge in [-0.15, -0.1) is 0 Å². The molecule has 1 aromatic heterocycles. The van der Waals surface area contributed by atoms with E-state index in [1.807, 2.05) is 0 Å². The van der Waals surface area contributed by atoms with Crippen LogP contribution in [0.25, 0.3) is 0 Å². The molecule has 0 spiro atoms. The third-order valence-electron chi connectivity index (χ3n) is 1.45. The lowest BCUT2D eigenvalue weighted by Crippen LogP contribution is -2.35. The van der Waals surface area contributed by atoms with Crippen molar-refractivity contribution in [3.8, 4) is 0 Å². The molecule has 0 aliphatic carbocycles. The molecule has 1 heterocycles. The fourth-order valence-corrected chi connectivity index (χ4v) is 0.912. The molecule has 1 unspecified atom stereocenters. The van der Waals surface area contributed by atoms with Crippen molar-refractivity contribution in [2.45, 2.75) is 12.3 Å². The SMILES string of the molecule is OC(CNc1ncc(Br)cn1)C(F)(F)F. The summed E-state index contributed by atoms with van der Waals surface area (Å²) in [5.41, 5.74) is 0. The molecule has 0 amide bonds. The van der Waals surface area contributed by atoms with E-state index in [0.717, 1.165) is 0 Å². The second-order valence-electron chi connectivity index (χ2n) is 2.66. The molecule has 4 nitrogen and oxygen atoms in total. The summed E-state index contributed by atoms with van der Waals surface area (Å²) in [4.78, 5) is 7.37. The maximum Gasteiger partial charge on any atom is 0.416 e. The van der Waals surface area contributed by atoms with Crippen LogP contribution in [0, 0.1) is 0 Å². The fraction of sp³-hybridized carbons (Fsp3) is 0.429. The summed E-state index contributed by atoms with van der Waals surface area (Å²) >= 11 is 3.08. The Bertz CT molecular complexity index is 316. The highest BCUT2D eigenvalue weighted by Gasteiger charge is 2.37. The summed E-state index contributed by atoms with van der Waals surface area (Å²) in [5, 5.41) is 10.9. The Morgan fingerprint density at radius 2 is 1.93 bits per heavy atom. The standard InChI is InChI=1S/C7H7BrF3N3O/c8-4-1-12-6(13-2-4)14-3-5(15)7(9,10)11/h1-2,5,15H,3H2,(H,12,13,14). The largest absolute Gasteiger partial charge is 0.416 e. The van der Waals surface area contributed by atoms with Crippen LogP contribution in [0.2, 0.25) is 0 Å². The number of aliphatic hydroxyl groups excluding tert-OH is 1. The summed E-state index contributed by atoms with van der Waals surface area (Å²) in [6.45, 7) is -0.675. The molecule has 0 saturated heterocycles. The van der Waals surface area contributed by atoms with Gasteiger partial charge in [-0.1, -0.05) is 0 Å². The molecule has 15 heavy (non-hydrogen) atoms. The normalized spacial score (nSPS) is 13.7. The summed E-state index contributed by atoms with van der Waals surface area (Å²) in [6, 6.07) is 0. The molecular weight excluding hydrogens is 279 g/mol. The van der Waals surface area contributed by atoms with Gasteiger partial charge in [-0.2, -0.15) is 13.2 Å². The predicted octanol–water partition coefficient (Wildman–Crippen LogP) is 1.57. The molecular formula is C7H7BrF3N3O. The van der Waals surface area contributed by atoms with Crippen LogP contribution in [0.1, 0.15) is 0 Å². The molecule has 0 aromatic carbocycles. The van der Waals surface area contributed by atoms with Crippen LogP contribution in [0.5, 0.6) is 0 Å². The van der Waals surface area contributed by atoms with E-state index in [2.05, 4.69) is 31.2 Å². The average Bonchev–Trinajstić information content (AvgIpc) is 2.15. The number of hydrogen-bond acceptors (Lipinski definition) is 4. The highest BCUT2D eigenvalue weighted by atomic mass is 79.9. The summed E-state index contributed by atoms with van der Waals surface area (Å²) in [7, 11) is 0. The van der Waals surface area contributed by atoms with Crippen LogP contribution >= 0.6 is 15.9 Å². The second-order valence-corrected chi connectivity index (χ2v) is 3.58. The summed E-state index contributed by atoms with van der Waals surface area (Å²) in [5.74, 6) is 0.0292. The Morgan fingerprint density at radius 3 is 2.40 bits per heavy atom. The molecule has 0 saturated carbocycles. The third kappa shape index (κ3) is 4.00. The second kappa shape index (κ2) is 4.75. The lowest BCUT2D eigenvalue weighted by atomic mass is 10.3. The smallest absolute Gasteiger partial charge is 0.382 e. The summed E-state index contributed by atoms with van der Waals surface area (Å²) < 4.78 is 36.2. The van der Waals surface area contributed by atoms with E-state index >= 15 is 0 Å². The first-order valence-electron chi connectivity index (χ1n) is 3.86. The van der Waals surface area contributed by atoms with Gasteiger partial charge in [0.05, 0.1) is 11.0 Å². The lowest BCUT2D eigenvalue weighted by molar-refractivity contribution is -0.198. The van der Waals surface area contributed by atoms with Gasteiger partial charge >= 0.3 is 6.18 Å². The number of rotatable bonds is 3. The van der Waals surface area contributed by atoms with Crippen molar-refractivity contribution < 1.29 is 18.3 Å². The van der Waals surface area contributed by atoms with Gasteiger partial charge in [0.2, 0.25) is 5.95 Å². The minimum Gasteiger partial charge on any atom is -0.382 e. The lowest BCUT2D eigenvalue weighted by Gasteiger charge is -2.14. The average molecular weight is 286 g/mol. The molecule has 0 radical (unpaired) electrons. The Balaban J connectivity index is 2.47. The van der Waals surface area contributed by atoms with Crippen LogP contribution in [0.3, 0.4) is 0 Å². The van der Waals surface area contributed by atoms with Gasteiger partial charge in [-0.25, -0.2) is 9.97 Å². The number of alkyl halides is 3. The van der Waals surface area contributed by atoms with Gasteiger partial charge in [-0.05, 0) is 15.9 Å². The molecule has 0 aliphatic rings. The van der Waals surface area contributed by atoms with Gasteiger partial charge in [0.25, 0.3) is 0 Å². The Hall–Kier alpha value is -0.890. The van der Waals surface area contributed by atoms with Gasteiger partial charge in [0.1, 0.15) is 0 Å². The monoisotopic (exact) mass is 285 g/mol. The zero-order valence-corrected chi connectivity index (χ0v) is 8.88. The van der Waals surface area contributed by atoms with E-state index in [4.69, 9.17) is 5.11 Å². The first-order valence-corrected chi connectivity index (χ1v) is 4.65. The van der Waals surface area contributed by atoms with E-state index in [1.165, 1.54) is 12.4 Å². The quantitative estimate of drug-likeness (QED) is 0.885. The number of nitrogens with zero attached hydrogens (tertiary/aromatic N) is 2. The number of halogens is 4. The number of aliphatic hydroxyl groups is 1. The molecule has 8 heteroatoms. The van der Waals surface area contributed by atoms with E-state index in [-0.39, 0.29) is 5.95 Å². The molecule has 1 aromatic rings. The van der Waals surface area contributed by atoms with E-state index < -0.39 is 18.8 Å². The van der Waals surface area contributed by atoms with Gasteiger partial charge < -0.3 is 10.4 Å². The van der Waals surface area contributed by atoms with Gasteiger partial charge in [0.15, 0.2) is 6.10 Å². The molecule has 0 fully saturated rings. The Morgan fingerprint density at radius 1 is 1.40 bits per heavy atom. The topological polar surface area (TPSA) is 58.0 Å². The van der Waals surface area contributed by atoms with Crippen LogP contribution in [0.4, 0.5) is 19.1 Å². The van der Waals surface area contributed by atoms with Crippen molar-refractivity contribution in [2.75, 3.05) is 11.9 Å². The molecule has 1 atom stereocenters. The zero-order chi connectivity index (χ0) is 11.5. The maximum atomic E-state index is 11.9. The highest BCUT2D eigenvalue weighted by molar-refractivity contribution is 9.10. The van der Waals surface area contributed by atoms with Crippen LogP contribution in [-0.4, -0.2) is 33.9 Å². The third-order valence-corrected chi connectivity index (χ3v) is 1.86. The molecule has 2 N–H and O–H groups in total. The van der Waals surface area contributed by atoms with Gasteiger partial charge in [0, 0.05) is 12.4 Å². The fourth-order valence-electron chi connectivity index (χ4n) is 0.707. The van der Waals surface area contributed by atoms with Crippen molar-refractivity contribution in [1.82, 2.24) is 9.97 Å². The minimum absolute atomic E-state index is 0.0292. The summed E-state index contributed by atoms with van der Waals surface area (Å²) in [6.07, 6.45) is -4.29. The highest BCUT2D eigenvalue weighted by Crippen LogP contribution is 2.19. The maximum absolute atomic E-state index is 11.9. The van der Waals surface area contributed by atoms with Crippen LogP contribution in [0.15, 0.2) is 16.9 Å². The number of nitrogens with one attached hydrogen (secondary N) is 1. The molecule has 0 bridgehead atoms. The van der Waals surface area contributed by atoms with Crippen LogP contribution in [-0.2, 0) is 0 Å². The number of anilines is 1. The van der Waals surface area contributed by atoms with E-state index in [9.17, 15) is 13.2 Å². The van der Waals surface area contributed by atoms with Crippen molar-refractivity contribution in [2.24, 2.45) is 0 Å². The minimum atomic E-state index is -4.64. The van der Waals surface area contributed by atoms with E-state index in [0.29, 0.717) is 4.47 Å². The van der Waals surface area contributed by atoms with Gasteiger partial charge in [-0.3, -0.25) is 0 Å². The first kappa shape index (κ1) is 12.2. The van der Waals surface area contributed by atoms with Crippen molar-refractivity contribution >= 4 is 21.9 Å². The number of aromatic nitrogens is 2. The first-order chi connectivity index (χ1) is 6.89. The Labute approximate surface area is 91.7 Å². The number of hydrogen-bond donors (Lipinski definition) is 2. The zero-order valence-electron chi connectivity index (χ0n) is 7.29.